The zero-order valence-electron chi connectivity index (χ0n) is 9.84. The molecule has 0 aliphatic heterocycles. The Balaban J connectivity index is 2.48. The first-order valence-electron chi connectivity index (χ1n) is 5.27. The number of anilines is 1. The van der Waals surface area contributed by atoms with Crippen LogP contribution < -0.4 is 4.72 Å². The van der Waals surface area contributed by atoms with E-state index in [2.05, 4.69) is 4.98 Å². The van der Waals surface area contributed by atoms with Crippen molar-refractivity contribution in [1.29, 1.82) is 5.26 Å². The predicted molar refractivity (Wildman–Crippen MR) is 66.1 cm³/mol. The summed E-state index contributed by atoms with van der Waals surface area (Å²) < 4.78 is 52.6. The molecule has 0 atom stereocenters. The Morgan fingerprint density at radius 2 is 1.85 bits per heavy atom. The molecule has 1 aromatic carbocycles. The lowest BCUT2D eigenvalue weighted by Gasteiger charge is -2.09. The number of benzene rings is 1. The topological polar surface area (TPSA) is 82.9 Å². The zero-order chi connectivity index (χ0) is 14.8. The SMILES string of the molecule is N#Cc1c(F)cccc1NS(=O)(=O)c1ncccc1F. The second kappa shape index (κ2) is 5.22. The number of aromatic nitrogens is 1. The second-order valence-electron chi connectivity index (χ2n) is 3.67. The van der Waals surface area contributed by atoms with Crippen molar-refractivity contribution in [2.75, 3.05) is 4.72 Å². The smallest absolute Gasteiger partial charge is 0.277 e. The van der Waals surface area contributed by atoms with Crippen molar-refractivity contribution in [3.05, 3.63) is 53.7 Å². The van der Waals surface area contributed by atoms with Crippen LogP contribution in [-0.4, -0.2) is 13.4 Å². The Morgan fingerprint density at radius 3 is 2.50 bits per heavy atom. The Kier molecular flexibility index (Phi) is 3.63. The number of hydrogen-bond acceptors (Lipinski definition) is 4. The largest absolute Gasteiger partial charge is 0.282 e. The Morgan fingerprint density at radius 1 is 1.15 bits per heavy atom. The lowest BCUT2D eigenvalue weighted by Crippen LogP contribution is -2.17. The van der Waals surface area contributed by atoms with Gasteiger partial charge in [0.2, 0.25) is 5.03 Å². The molecule has 0 bridgehead atoms. The first kappa shape index (κ1) is 13.9. The zero-order valence-corrected chi connectivity index (χ0v) is 10.7. The highest BCUT2D eigenvalue weighted by Crippen LogP contribution is 2.21. The fraction of sp³-hybridized carbons (Fsp3) is 0. The summed E-state index contributed by atoms with van der Waals surface area (Å²) in [6, 6.07) is 7.13. The summed E-state index contributed by atoms with van der Waals surface area (Å²) in [7, 11) is -4.35. The molecular formula is C12H7F2N3O2S. The molecule has 102 valence electrons. The molecule has 0 aliphatic rings. The number of halogens is 2. The van der Waals surface area contributed by atoms with Crippen molar-refractivity contribution in [2.45, 2.75) is 5.03 Å². The summed E-state index contributed by atoms with van der Waals surface area (Å²) >= 11 is 0. The molecule has 0 saturated carbocycles. The van der Waals surface area contributed by atoms with Crippen LogP contribution in [0, 0.1) is 23.0 Å². The van der Waals surface area contributed by atoms with E-state index in [1.54, 1.807) is 0 Å². The molecule has 1 heterocycles. The molecule has 0 saturated heterocycles. The molecule has 0 aliphatic carbocycles. The average Bonchev–Trinajstić information content (AvgIpc) is 2.39. The molecule has 0 radical (unpaired) electrons. The Hall–Kier alpha value is -2.53. The maximum atomic E-state index is 13.4. The molecule has 8 heteroatoms. The van der Waals surface area contributed by atoms with Crippen LogP contribution in [0.3, 0.4) is 0 Å². The van der Waals surface area contributed by atoms with Gasteiger partial charge in [0, 0.05) is 6.20 Å². The van der Waals surface area contributed by atoms with Gasteiger partial charge in [-0.05, 0) is 24.3 Å². The van der Waals surface area contributed by atoms with Crippen molar-refractivity contribution in [3.63, 3.8) is 0 Å². The van der Waals surface area contributed by atoms with Crippen LogP contribution in [-0.2, 0) is 10.0 Å². The van der Waals surface area contributed by atoms with E-state index in [1.165, 1.54) is 24.3 Å². The van der Waals surface area contributed by atoms with Crippen molar-refractivity contribution in [3.8, 4) is 6.07 Å². The van der Waals surface area contributed by atoms with Crippen LogP contribution in [0.2, 0.25) is 0 Å². The van der Waals surface area contributed by atoms with Crippen molar-refractivity contribution in [1.82, 2.24) is 4.98 Å². The summed E-state index contributed by atoms with van der Waals surface area (Å²) in [5, 5.41) is 7.98. The molecule has 2 aromatic rings. The third-order valence-electron chi connectivity index (χ3n) is 2.35. The van der Waals surface area contributed by atoms with Crippen LogP contribution >= 0.6 is 0 Å². The highest BCUT2D eigenvalue weighted by molar-refractivity contribution is 7.92. The average molecular weight is 295 g/mol. The number of nitrogens with zero attached hydrogens (tertiary/aromatic N) is 2. The fourth-order valence-corrected chi connectivity index (χ4v) is 2.57. The summed E-state index contributed by atoms with van der Waals surface area (Å²) in [5.41, 5.74) is -0.759. The number of hydrogen-bond donors (Lipinski definition) is 1. The number of sulfonamides is 1. The molecule has 1 aromatic heterocycles. The number of nitriles is 1. The van der Waals surface area contributed by atoms with Crippen LogP contribution in [0.25, 0.3) is 0 Å². The monoisotopic (exact) mass is 295 g/mol. The molecule has 5 nitrogen and oxygen atoms in total. The summed E-state index contributed by atoms with van der Waals surface area (Å²) in [6.45, 7) is 0. The first-order chi connectivity index (χ1) is 9.45. The van der Waals surface area contributed by atoms with Gasteiger partial charge < -0.3 is 0 Å². The first-order valence-corrected chi connectivity index (χ1v) is 6.76. The molecule has 0 spiro atoms. The minimum atomic E-state index is -4.35. The van der Waals surface area contributed by atoms with Crippen LogP contribution in [0.4, 0.5) is 14.5 Å². The quantitative estimate of drug-likeness (QED) is 0.939. The predicted octanol–water partition coefficient (Wildman–Crippen LogP) is 2.03. The maximum Gasteiger partial charge on any atom is 0.282 e. The van der Waals surface area contributed by atoms with Gasteiger partial charge in [-0.3, -0.25) is 4.72 Å². The molecule has 1 N–H and O–H groups in total. The molecule has 0 amide bonds. The van der Waals surface area contributed by atoms with Gasteiger partial charge in [-0.25, -0.2) is 13.8 Å². The van der Waals surface area contributed by atoms with Gasteiger partial charge in [0.05, 0.1) is 5.69 Å². The lowest BCUT2D eigenvalue weighted by atomic mass is 10.2. The molecule has 0 unspecified atom stereocenters. The lowest BCUT2D eigenvalue weighted by molar-refractivity contribution is 0.557. The van der Waals surface area contributed by atoms with E-state index in [0.29, 0.717) is 0 Å². The van der Waals surface area contributed by atoms with Gasteiger partial charge in [0.15, 0.2) is 5.82 Å². The van der Waals surface area contributed by atoms with Gasteiger partial charge in [-0.1, -0.05) is 6.07 Å². The van der Waals surface area contributed by atoms with E-state index >= 15 is 0 Å². The third-order valence-corrected chi connectivity index (χ3v) is 3.65. The number of pyridine rings is 1. The van der Waals surface area contributed by atoms with Gasteiger partial charge >= 0.3 is 0 Å². The third kappa shape index (κ3) is 2.57. The standard InChI is InChI=1S/C12H7F2N3O2S/c13-9-3-1-5-11(8(9)7-15)17-20(18,19)12-10(14)4-2-6-16-12/h1-6,17H. The molecule has 20 heavy (non-hydrogen) atoms. The molecule has 0 fully saturated rings. The van der Waals surface area contributed by atoms with Gasteiger partial charge in [-0.15, -0.1) is 0 Å². The summed E-state index contributed by atoms with van der Waals surface area (Å²) in [5.74, 6) is -1.93. The Bertz CT molecular complexity index is 801. The number of rotatable bonds is 3. The maximum absolute atomic E-state index is 13.4. The van der Waals surface area contributed by atoms with Gasteiger partial charge in [-0.2, -0.15) is 13.7 Å². The minimum absolute atomic E-state index is 0.280. The van der Waals surface area contributed by atoms with Gasteiger partial charge in [0.25, 0.3) is 10.0 Å². The summed E-state index contributed by atoms with van der Waals surface area (Å²) in [6.07, 6.45) is 1.11. The van der Waals surface area contributed by atoms with Crippen molar-refractivity contribution in [2.24, 2.45) is 0 Å². The Labute approximate surface area is 113 Å². The highest BCUT2D eigenvalue weighted by Gasteiger charge is 2.22. The van der Waals surface area contributed by atoms with E-state index in [9.17, 15) is 17.2 Å². The minimum Gasteiger partial charge on any atom is -0.277 e. The molecule has 2 rings (SSSR count). The second-order valence-corrected chi connectivity index (χ2v) is 5.27. The van der Waals surface area contributed by atoms with E-state index in [4.69, 9.17) is 5.26 Å². The van der Waals surface area contributed by atoms with E-state index in [0.717, 1.165) is 18.3 Å². The van der Waals surface area contributed by atoms with Crippen LogP contribution in [0.5, 0.6) is 0 Å². The highest BCUT2D eigenvalue weighted by atomic mass is 32.2. The molecular weight excluding hydrogens is 288 g/mol. The number of nitrogens with one attached hydrogen (secondary N) is 1. The van der Waals surface area contributed by atoms with E-state index < -0.39 is 32.2 Å². The van der Waals surface area contributed by atoms with E-state index in [-0.39, 0.29) is 5.69 Å². The van der Waals surface area contributed by atoms with Crippen molar-refractivity contribution < 1.29 is 17.2 Å². The summed E-state index contributed by atoms with van der Waals surface area (Å²) in [4.78, 5) is 3.42. The van der Waals surface area contributed by atoms with Gasteiger partial charge in [0.1, 0.15) is 17.4 Å². The van der Waals surface area contributed by atoms with Crippen molar-refractivity contribution >= 4 is 15.7 Å². The van der Waals surface area contributed by atoms with Crippen LogP contribution in [0.1, 0.15) is 5.56 Å². The normalized spacial score (nSPS) is 10.8. The fourth-order valence-electron chi connectivity index (χ4n) is 1.48. The van der Waals surface area contributed by atoms with Crippen LogP contribution in [0.15, 0.2) is 41.6 Å². The van der Waals surface area contributed by atoms with E-state index in [1.807, 2.05) is 4.72 Å².